The number of benzene rings is 2. The Bertz CT molecular complexity index is 642. The van der Waals surface area contributed by atoms with Crippen LogP contribution in [0, 0.1) is 32.1 Å². The van der Waals surface area contributed by atoms with E-state index in [0.717, 1.165) is 17.8 Å². The minimum Gasteiger partial charge on any atom is -0.369 e. The Hall–Kier alpha value is -2.27. The highest BCUT2D eigenvalue weighted by atomic mass is 15.1. The molecule has 2 aromatic rings. The summed E-state index contributed by atoms with van der Waals surface area (Å²) in [5, 5.41) is 9.20. The molecule has 20 heavy (non-hydrogen) atoms. The van der Waals surface area contributed by atoms with Crippen LogP contribution in [0.15, 0.2) is 36.4 Å². The number of hydrogen-bond acceptors (Lipinski definition) is 2. The average Bonchev–Trinajstić information content (AvgIpc) is 2.42. The van der Waals surface area contributed by atoms with E-state index in [1.807, 2.05) is 31.3 Å². The first kappa shape index (κ1) is 14.1. The van der Waals surface area contributed by atoms with Crippen molar-refractivity contribution in [1.29, 1.82) is 5.26 Å². The second kappa shape index (κ2) is 5.79. The molecule has 0 N–H and O–H groups in total. The van der Waals surface area contributed by atoms with Crippen LogP contribution in [0.1, 0.15) is 27.8 Å². The zero-order valence-electron chi connectivity index (χ0n) is 12.6. The fourth-order valence-electron chi connectivity index (χ4n) is 2.68. The first-order valence-electron chi connectivity index (χ1n) is 6.80. The van der Waals surface area contributed by atoms with Gasteiger partial charge in [-0.3, -0.25) is 0 Å². The first-order valence-corrected chi connectivity index (χ1v) is 6.80. The van der Waals surface area contributed by atoms with E-state index in [4.69, 9.17) is 0 Å². The van der Waals surface area contributed by atoms with E-state index >= 15 is 0 Å². The van der Waals surface area contributed by atoms with Gasteiger partial charge in [-0.2, -0.15) is 5.26 Å². The summed E-state index contributed by atoms with van der Waals surface area (Å²) in [6.07, 6.45) is 0. The molecular weight excluding hydrogens is 244 g/mol. The Morgan fingerprint density at radius 3 is 2.25 bits per heavy atom. The number of aryl methyl sites for hydroxylation is 3. The maximum absolute atomic E-state index is 9.20. The Morgan fingerprint density at radius 2 is 1.65 bits per heavy atom. The second-order valence-corrected chi connectivity index (χ2v) is 5.36. The highest BCUT2D eigenvalue weighted by Crippen LogP contribution is 2.23. The van der Waals surface area contributed by atoms with Gasteiger partial charge in [0.05, 0.1) is 11.3 Å². The van der Waals surface area contributed by atoms with Crippen LogP contribution in [0.25, 0.3) is 0 Å². The molecule has 0 saturated heterocycles. The molecular formula is C18H20N2. The number of anilines is 1. The van der Waals surface area contributed by atoms with Crippen molar-refractivity contribution >= 4 is 5.69 Å². The Balaban J connectivity index is 2.33. The summed E-state index contributed by atoms with van der Waals surface area (Å²) in [5.74, 6) is 0. The predicted octanol–water partition coefficient (Wildman–Crippen LogP) is 4.12. The maximum Gasteiger partial charge on any atom is 0.101 e. The second-order valence-electron chi connectivity index (χ2n) is 5.36. The van der Waals surface area contributed by atoms with Crippen molar-refractivity contribution in [3.8, 4) is 6.07 Å². The molecule has 0 saturated carbocycles. The third kappa shape index (κ3) is 2.83. The molecule has 0 radical (unpaired) electrons. The summed E-state index contributed by atoms with van der Waals surface area (Å²) < 4.78 is 0. The number of rotatable bonds is 3. The van der Waals surface area contributed by atoms with Gasteiger partial charge in [-0.15, -0.1) is 0 Å². The van der Waals surface area contributed by atoms with Crippen molar-refractivity contribution in [3.63, 3.8) is 0 Å². The molecule has 2 rings (SSSR count). The molecule has 2 heteroatoms. The van der Waals surface area contributed by atoms with Gasteiger partial charge in [0.15, 0.2) is 0 Å². The smallest absolute Gasteiger partial charge is 0.101 e. The molecule has 0 atom stereocenters. The van der Waals surface area contributed by atoms with Crippen LogP contribution in [0.2, 0.25) is 0 Å². The lowest BCUT2D eigenvalue weighted by molar-refractivity contribution is 0.902. The van der Waals surface area contributed by atoms with E-state index in [0.29, 0.717) is 0 Å². The van der Waals surface area contributed by atoms with Crippen molar-refractivity contribution in [2.75, 3.05) is 11.9 Å². The molecule has 0 fully saturated rings. The van der Waals surface area contributed by atoms with E-state index < -0.39 is 0 Å². The zero-order chi connectivity index (χ0) is 14.7. The van der Waals surface area contributed by atoms with Crippen LogP contribution in [0.3, 0.4) is 0 Å². The summed E-state index contributed by atoms with van der Waals surface area (Å²) >= 11 is 0. The minimum atomic E-state index is 0.720. The summed E-state index contributed by atoms with van der Waals surface area (Å²) in [6, 6.07) is 14.4. The van der Waals surface area contributed by atoms with E-state index in [1.165, 1.54) is 22.3 Å². The summed E-state index contributed by atoms with van der Waals surface area (Å²) in [5.41, 5.74) is 6.95. The fourth-order valence-corrected chi connectivity index (χ4v) is 2.68. The van der Waals surface area contributed by atoms with Gasteiger partial charge < -0.3 is 4.90 Å². The van der Waals surface area contributed by atoms with Crippen molar-refractivity contribution in [2.45, 2.75) is 27.3 Å². The van der Waals surface area contributed by atoms with Crippen molar-refractivity contribution in [3.05, 3.63) is 64.2 Å². The molecule has 2 aromatic carbocycles. The van der Waals surface area contributed by atoms with Crippen LogP contribution in [-0.2, 0) is 6.54 Å². The summed E-state index contributed by atoms with van der Waals surface area (Å²) in [7, 11) is 2.04. The van der Waals surface area contributed by atoms with Crippen LogP contribution in [-0.4, -0.2) is 7.05 Å². The van der Waals surface area contributed by atoms with Gasteiger partial charge >= 0.3 is 0 Å². The lowest BCUT2D eigenvalue weighted by Crippen LogP contribution is -2.19. The van der Waals surface area contributed by atoms with Crippen LogP contribution < -0.4 is 4.90 Å². The highest BCUT2D eigenvalue weighted by Gasteiger charge is 2.10. The monoisotopic (exact) mass is 264 g/mol. The molecule has 0 aromatic heterocycles. The van der Waals surface area contributed by atoms with Crippen molar-refractivity contribution in [2.24, 2.45) is 0 Å². The normalized spacial score (nSPS) is 10.2. The van der Waals surface area contributed by atoms with Gasteiger partial charge in [0.1, 0.15) is 6.07 Å². The predicted molar refractivity (Wildman–Crippen MR) is 83.9 cm³/mol. The number of nitrogens with zero attached hydrogens (tertiary/aromatic N) is 2. The van der Waals surface area contributed by atoms with E-state index in [-0.39, 0.29) is 0 Å². The van der Waals surface area contributed by atoms with E-state index in [9.17, 15) is 5.26 Å². The lowest BCUT2D eigenvalue weighted by Gasteiger charge is -2.23. The maximum atomic E-state index is 9.20. The zero-order valence-corrected chi connectivity index (χ0v) is 12.6. The molecule has 0 spiro atoms. The molecule has 0 unspecified atom stereocenters. The molecule has 0 bridgehead atoms. The topological polar surface area (TPSA) is 27.0 Å². The minimum absolute atomic E-state index is 0.720. The Kier molecular flexibility index (Phi) is 4.10. The third-order valence-corrected chi connectivity index (χ3v) is 3.67. The standard InChI is InChI=1S/C18H20N2/c1-13-9-14(2)17(15(3)10-13)12-20(4)18-8-6-5-7-16(18)11-19/h5-10H,12H2,1-4H3. The number of hydrogen-bond donors (Lipinski definition) is 0. The number of para-hydroxylation sites is 1. The SMILES string of the molecule is Cc1cc(C)c(CN(C)c2ccccc2C#N)c(C)c1. The first-order chi connectivity index (χ1) is 9.52. The van der Waals surface area contributed by atoms with Gasteiger partial charge in [0.2, 0.25) is 0 Å². The molecule has 0 aliphatic carbocycles. The van der Waals surface area contributed by atoms with Crippen LogP contribution in [0.5, 0.6) is 0 Å². The van der Waals surface area contributed by atoms with Gasteiger partial charge in [0, 0.05) is 13.6 Å². The molecule has 0 aliphatic rings. The van der Waals surface area contributed by atoms with E-state index in [1.54, 1.807) is 0 Å². The molecule has 0 heterocycles. The largest absolute Gasteiger partial charge is 0.369 e. The van der Waals surface area contributed by atoms with Gasteiger partial charge in [-0.25, -0.2) is 0 Å². The third-order valence-electron chi connectivity index (χ3n) is 3.67. The lowest BCUT2D eigenvalue weighted by atomic mass is 9.99. The summed E-state index contributed by atoms with van der Waals surface area (Å²) in [6.45, 7) is 7.24. The Morgan fingerprint density at radius 1 is 1.05 bits per heavy atom. The average molecular weight is 264 g/mol. The van der Waals surface area contributed by atoms with Crippen molar-refractivity contribution in [1.82, 2.24) is 0 Å². The molecule has 0 amide bonds. The van der Waals surface area contributed by atoms with Crippen LogP contribution >= 0.6 is 0 Å². The van der Waals surface area contributed by atoms with Gasteiger partial charge in [0.25, 0.3) is 0 Å². The molecule has 0 aliphatic heterocycles. The fraction of sp³-hybridized carbons (Fsp3) is 0.278. The van der Waals surface area contributed by atoms with E-state index in [2.05, 4.69) is 43.9 Å². The summed E-state index contributed by atoms with van der Waals surface area (Å²) in [4.78, 5) is 2.14. The number of nitriles is 1. The van der Waals surface area contributed by atoms with Crippen molar-refractivity contribution < 1.29 is 0 Å². The van der Waals surface area contributed by atoms with Gasteiger partial charge in [-0.05, 0) is 49.6 Å². The highest BCUT2D eigenvalue weighted by molar-refractivity contribution is 5.59. The molecule has 2 nitrogen and oxygen atoms in total. The quantitative estimate of drug-likeness (QED) is 0.833. The van der Waals surface area contributed by atoms with Crippen LogP contribution in [0.4, 0.5) is 5.69 Å². The van der Waals surface area contributed by atoms with Gasteiger partial charge in [-0.1, -0.05) is 29.8 Å². The molecule has 102 valence electrons. The Labute approximate surface area is 121 Å².